The average molecular weight is 375 g/mol. The standard InChI is InChI=1S/C18H25N5O4/c24-16(20-13-3-1-2-12-18(13)27-7-4-19-12)10-14-21-15(11-17(25)22-14)23-5-8-26-9-6-23/h1-3,14-15,19,21H,4-11H2,(H,20,24)(H,22,25). The van der Waals surface area contributed by atoms with Crippen molar-refractivity contribution >= 4 is 23.2 Å². The van der Waals surface area contributed by atoms with Gasteiger partial charge in [-0.2, -0.15) is 0 Å². The van der Waals surface area contributed by atoms with Gasteiger partial charge in [0.25, 0.3) is 0 Å². The molecule has 1 aromatic carbocycles. The highest BCUT2D eigenvalue weighted by atomic mass is 16.5. The summed E-state index contributed by atoms with van der Waals surface area (Å²) in [6, 6.07) is 5.60. The quantitative estimate of drug-likeness (QED) is 0.583. The number of nitrogens with one attached hydrogen (secondary N) is 4. The van der Waals surface area contributed by atoms with Crippen LogP contribution < -0.4 is 26.0 Å². The molecule has 4 N–H and O–H groups in total. The highest BCUT2D eigenvalue weighted by Gasteiger charge is 2.31. The van der Waals surface area contributed by atoms with Gasteiger partial charge in [-0.25, -0.2) is 0 Å². The summed E-state index contributed by atoms with van der Waals surface area (Å²) in [5, 5.41) is 12.4. The molecule has 0 saturated carbocycles. The van der Waals surface area contributed by atoms with Crippen molar-refractivity contribution in [2.75, 3.05) is 50.1 Å². The van der Waals surface area contributed by atoms with E-state index >= 15 is 0 Å². The minimum atomic E-state index is -0.405. The maximum absolute atomic E-state index is 12.5. The second kappa shape index (κ2) is 8.12. The van der Waals surface area contributed by atoms with Crippen LogP contribution in [0.3, 0.4) is 0 Å². The van der Waals surface area contributed by atoms with E-state index in [2.05, 4.69) is 26.2 Å². The first-order valence-electron chi connectivity index (χ1n) is 9.36. The molecule has 3 aliphatic heterocycles. The number of carbonyl (C=O) groups is 2. The van der Waals surface area contributed by atoms with Crippen LogP contribution >= 0.6 is 0 Å². The predicted octanol–water partition coefficient (Wildman–Crippen LogP) is -0.0866. The summed E-state index contributed by atoms with van der Waals surface area (Å²) in [7, 11) is 0. The summed E-state index contributed by atoms with van der Waals surface area (Å²) in [5.74, 6) is 0.426. The Hall–Kier alpha value is -2.36. The fourth-order valence-corrected chi connectivity index (χ4v) is 3.65. The summed E-state index contributed by atoms with van der Waals surface area (Å²) in [4.78, 5) is 26.8. The lowest BCUT2D eigenvalue weighted by Crippen LogP contribution is -2.63. The molecule has 9 heteroatoms. The molecule has 2 amide bonds. The van der Waals surface area contributed by atoms with Gasteiger partial charge in [0.1, 0.15) is 6.61 Å². The van der Waals surface area contributed by atoms with Crippen LogP contribution in [0, 0.1) is 0 Å². The minimum absolute atomic E-state index is 0.0485. The topological polar surface area (TPSA) is 104 Å². The maximum atomic E-state index is 12.5. The van der Waals surface area contributed by atoms with Crippen LogP contribution in [0.25, 0.3) is 0 Å². The molecule has 1 aromatic rings. The molecule has 9 nitrogen and oxygen atoms in total. The molecule has 0 bridgehead atoms. The molecule has 0 aromatic heterocycles. The Morgan fingerprint density at radius 1 is 1.26 bits per heavy atom. The third-order valence-corrected chi connectivity index (χ3v) is 4.94. The summed E-state index contributed by atoms with van der Waals surface area (Å²) in [5.41, 5.74) is 1.51. The van der Waals surface area contributed by atoms with E-state index < -0.39 is 6.17 Å². The summed E-state index contributed by atoms with van der Waals surface area (Å²) in [6.45, 7) is 4.19. The zero-order valence-electron chi connectivity index (χ0n) is 15.1. The smallest absolute Gasteiger partial charge is 0.227 e. The molecule has 2 fully saturated rings. The van der Waals surface area contributed by atoms with Crippen molar-refractivity contribution in [3.63, 3.8) is 0 Å². The third kappa shape index (κ3) is 4.32. The Labute approximate surface area is 157 Å². The number of amides is 2. The Morgan fingerprint density at radius 2 is 2.11 bits per heavy atom. The Kier molecular flexibility index (Phi) is 5.42. The Morgan fingerprint density at radius 3 is 2.96 bits per heavy atom. The second-order valence-corrected chi connectivity index (χ2v) is 6.86. The molecular weight excluding hydrogens is 350 g/mol. The maximum Gasteiger partial charge on any atom is 0.227 e. The molecule has 0 radical (unpaired) electrons. The summed E-state index contributed by atoms with van der Waals surface area (Å²) >= 11 is 0. The SMILES string of the molecule is O=C(CC1NC(=O)CC(N2CCOCC2)N1)Nc1cccc2c1OCCN2. The van der Waals surface area contributed by atoms with Gasteiger partial charge in [-0.1, -0.05) is 6.07 Å². The van der Waals surface area contributed by atoms with Crippen LogP contribution in [0.15, 0.2) is 18.2 Å². The van der Waals surface area contributed by atoms with Gasteiger partial charge in [-0.3, -0.25) is 19.8 Å². The molecule has 2 saturated heterocycles. The molecule has 27 heavy (non-hydrogen) atoms. The molecule has 3 aliphatic rings. The van der Waals surface area contributed by atoms with Crippen molar-refractivity contribution in [3.8, 4) is 5.75 Å². The fraction of sp³-hybridized carbons (Fsp3) is 0.556. The number of hydrogen-bond acceptors (Lipinski definition) is 7. The first-order chi connectivity index (χ1) is 13.2. The second-order valence-electron chi connectivity index (χ2n) is 6.86. The van der Waals surface area contributed by atoms with Crippen LogP contribution in [-0.4, -0.2) is 68.5 Å². The van der Waals surface area contributed by atoms with E-state index in [1.165, 1.54) is 0 Å². The zero-order valence-corrected chi connectivity index (χ0v) is 15.1. The number of hydrogen-bond donors (Lipinski definition) is 4. The number of morpholine rings is 1. The predicted molar refractivity (Wildman–Crippen MR) is 99.5 cm³/mol. The lowest BCUT2D eigenvalue weighted by atomic mass is 10.1. The first-order valence-corrected chi connectivity index (χ1v) is 9.36. The van der Waals surface area contributed by atoms with Crippen LogP contribution in [-0.2, 0) is 14.3 Å². The van der Waals surface area contributed by atoms with E-state index in [-0.39, 0.29) is 24.4 Å². The molecule has 3 heterocycles. The molecular formula is C18H25N5O4. The number of ether oxygens (including phenoxy) is 2. The largest absolute Gasteiger partial charge is 0.487 e. The lowest BCUT2D eigenvalue weighted by Gasteiger charge is -2.40. The molecule has 0 spiro atoms. The average Bonchev–Trinajstić information content (AvgIpc) is 2.68. The number of carbonyl (C=O) groups excluding carboxylic acids is 2. The third-order valence-electron chi connectivity index (χ3n) is 4.94. The molecule has 4 rings (SSSR count). The fourth-order valence-electron chi connectivity index (χ4n) is 3.65. The lowest BCUT2D eigenvalue weighted by molar-refractivity contribution is -0.128. The van der Waals surface area contributed by atoms with Gasteiger partial charge in [0.2, 0.25) is 11.8 Å². The zero-order chi connectivity index (χ0) is 18.6. The number of benzene rings is 1. The van der Waals surface area contributed by atoms with Gasteiger partial charge >= 0.3 is 0 Å². The van der Waals surface area contributed by atoms with E-state index in [1.807, 2.05) is 18.2 Å². The van der Waals surface area contributed by atoms with E-state index in [9.17, 15) is 9.59 Å². The number of rotatable bonds is 4. The Bertz CT molecular complexity index is 707. The van der Waals surface area contributed by atoms with Crippen molar-refractivity contribution < 1.29 is 19.1 Å². The number of fused-ring (bicyclic) bond motifs is 1. The first kappa shape index (κ1) is 18.0. The van der Waals surface area contributed by atoms with E-state index in [0.29, 0.717) is 37.7 Å². The highest BCUT2D eigenvalue weighted by Crippen LogP contribution is 2.35. The number of para-hydroxylation sites is 1. The molecule has 2 atom stereocenters. The molecule has 146 valence electrons. The van der Waals surface area contributed by atoms with Gasteiger partial charge in [0, 0.05) is 19.6 Å². The molecule has 2 unspecified atom stereocenters. The van der Waals surface area contributed by atoms with E-state index in [4.69, 9.17) is 9.47 Å². The van der Waals surface area contributed by atoms with Crippen LogP contribution in [0.1, 0.15) is 12.8 Å². The summed E-state index contributed by atoms with van der Waals surface area (Å²) < 4.78 is 11.0. The summed E-state index contributed by atoms with van der Waals surface area (Å²) in [6.07, 6.45) is 0.0446. The van der Waals surface area contributed by atoms with Crippen LogP contribution in [0.4, 0.5) is 11.4 Å². The van der Waals surface area contributed by atoms with Crippen molar-refractivity contribution in [2.24, 2.45) is 0 Å². The van der Waals surface area contributed by atoms with E-state index in [1.54, 1.807) is 0 Å². The van der Waals surface area contributed by atoms with Crippen molar-refractivity contribution in [2.45, 2.75) is 25.2 Å². The number of nitrogens with zero attached hydrogens (tertiary/aromatic N) is 1. The van der Waals surface area contributed by atoms with Crippen molar-refractivity contribution in [1.82, 2.24) is 15.5 Å². The van der Waals surface area contributed by atoms with Gasteiger partial charge < -0.3 is 25.4 Å². The highest BCUT2D eigenvalue weighted by molar-refractivity contribution is 5.94. The van der Waals surface area contributed by atoms with Crippen LogP contribution in [0.5, 0.6) is 5.75 Å². The minimum Gasteiger partial charge on any atom is -0.487 e. The van der Waals surface area contributed by atoms with Crippen molar-refractivity contribution in [1.29, 1.82) is 0 Å². The van der Waals surface area contributed by atoms with Gasteiger partial charge in [0.15, 0.2) is 5.75 Å². The Balaban J connectivity index is 1.37. The molecule has 0 aliphatic carbocycles. The van der Waals surface area contributed by atoms with Gasteiger partial charge in [-0.15, -0.1) is 0 Å². The van der Waals surface area contributed by atoms with Crippen LogP contribution in [0.2, 0.25) is 0 Å². The van der Waals surface area contributed by atoms with Gasteiger partial charge in [-0.05, 0) is 12.1 Å². The monoisotopic (exact) mass is 375 g/mol. The number of anilines is 2. The normalized spacial score (nSPS) is 25.6. The van der Waals surface area contributed by atoms with Gasteiger partial charge in [0.05, 0.1) is 49.8 Å². The van der Waals surface area contributed by atoms with Crippen molar-refractivity contribution in [3.05, 3.63) is 18.2 Å². The van der Waals surface area contributed by atoms with E-state index in [0.717, 1.165) is 25.3 Å².